The zero-order chi connectivity index (χ0) is 15.2. The maximum atomic E-state index is 9.82. The Balaban J connectivity index is 2.16. The Morgan fingerprint density at radius 2 is 1.76 bits per heavy atom. The van der Waals surface area contributed by atoms with Crippen LogP contribution in [0, 0.1) is 0 Å². The fraction of sp³-hybridized carbons (Fsp3) is 0.250. The summed E-state index contributed by atoms with van der Waals surface area (Å²) in [5.41, 5.74) is 1.62. The number of phenolic OH excluding ortho intramolecular Hbond substituents is 1. The van der Waals surface area contributed by atoms with Gasteiger partial charge < -0.3 is 25.0 Å². The van der Waals surface area contributed by atoms with E-state index in [1.807, 2.05) is 24.3 Å². The number of rotatable bonds is 6. The van der Waals surface area contributed by atoms with E-state index in [-0.39, 0.29) is 18.4 Å². The highest BCUT2D eigenvalue weighted by atomic mass is 16.5. The zero-order valence-electron chi connectivity index (χ0n) is 12.0. The van der Waals surface area contributed by atoms with E-state index in [1.165, 1.54) is 7.11 Å². The molecular formula is C16H19NO4. The number of aliphatic hydroxyl groups is 1. The second kappa shape index (κ2) is 6.85. The van der Waals surface area contributed by atoms with Gasteiger partial charge in [0.05, 0.1) is 26.9 Å². The lowest BCUT2D eigenvalue weighted by Crippen LogP contribution is -2.14. The normalized spacial score (nSPS) is 11.8. The molecule has 5 nitrogen and oxygen atoms in total. The lowest BCUT2D eigenvalue weighted by Gasteiger charge is -2.19. The number of aliphatic hydroxyl groups excluding tert-OH is 1. The van der Waals surface area contributed by atoms with Crippen molar-refractivity contribution in [1.82, 2.24) is 0 Å². The first-order valence-corrected chi connectivity index (χ1v) is 6.56. The first-order valence-electron chi connectivity index (χ1n) is 6.56. The predicted molar refractivity (Wildman–Crippen MR) is 81.1 cm³/mol. The van der Waals surface area contributed by atoms with Crippen molar-refractivity contribution in [2.45, 2.75) is 6.04 Å². The van der Waals surface area contributed by atoms with E-state index >= 15 is 0 Å². The minimum atomic E-state index is -0.324. The van der Waals surface area contributed by atoms with E-state index in [4.69, 9.17) is 9.47 Å². The molecule has 0 fully saturated rings. The molecule has 0 spiro atoms. The van der Waals surface area contributed by atoms with Crippen LogP contribution in [0.1, 0.15) is 11.6 Å². The number of hydrogen-bond donors (Lipinski definition) is 3. The highest BCUT2D eigenvalue weighted by molar-refractivity contribution is 5.50. The van der Waals surface area contributed by atoms with Gasteiger partial charge in [0.2, 0.25) is 0 Å². The van der Waals surface area contributed by atoms with Gasteiger partial charge >= 0.3 is 0 Å². The number of anilines is 1. The summed E-state index contributed by atoms with van der Waals surface area (Å²) < 4.78 is 10.1. The molecule has 1 unspecified atom stereocenters. The average molecular weight is 289 g/mol. The van der Waals surface area contributed by atoms with Gasteiger partial charge in [0.1, 0.15) is 5.75 Å². The third-order valence-electron chi connectivity index (χ3n) is 3.22. The smallest absolute Gasteiger partial charge is 0.160 e. The molecule has 2 rings (SSSR count). The van der Waals surface area contributed by atoms with E-state index in [2.05, 4.69) is 5.32 Å². The van der Waals surface area contributed by atoms with Gasteiger partial charge in [-0.1, -0.05) is 6.07 Å². The highest BCUT2D eigenvalue weighted by Gasteiger charge is 2.13. The van der Waals surface area contributed by atoms with Gasteiger partial charge in [-0.2, -0.15) is 0 Å². The summed E-state index contributed by atoms with van der Waals surface area (Å²) in [5.74, 6) is 1.22. The molecule has 5 heteroatoms. The van der Waals surface area contributed by atoms with Crippen molar-refractivity contribution in [2.24, 2.45) is 0 Å². The first kappa shape index (κ1) is 15.0. The van der Waals surface area contributed by atoms with Crippen molar-refractivity contribution in [3.63, 3.8) is 0 Å². The van der Waals surface area contributed by atoms with Gasteiger partial charge in [-0.25, -0.2) is 0 Å². The van der Waals surface area contributed by atoms with Crippen LogP contribution in [0.15, 0.2) is 42.5 Å². The van der Waals surface area contributed by atoms with E-state index in [1.54, 1.807) is 25.3 Å². The van der Waals surface area contributed by atoms with Crippen molar-refractivity contribution in [3.05, 3.63) is 48.0 Å². The Hall–Kier alpha value is -2.40. The van der Waals surface area contributed by atoms with Crippen LogP contribution in [0.3, 0.4) is 0 Å². The maximum absolute atomic E-state index is 9.82. The van der Waals surface area contributed by atoms with E-state index in [9.17, 15) is 10.2 Å². The molecule has 0 aliphatic heterocycles. The second-order valence-electron chi connectivity index (χ2n) is 4.54. The first-order chi connectivity index (χ1) is 10.2. The SMILES string of the molecule is COc1ccc(NC(CO)c2ccc(OC)c(O)c2)cc1. The van der Waals surface area contributed by atoms with Crippen LogP contribution in [-0.2, 0) is 0 Å². The van der Waals surface area contributed by atoms with Crippen molar-refractivity contribution >= 4 is 5.69 Å². The van der Waals surface area contributed by atoms with Crippen LogP contribution in [0.4, 0.5) is 5.69 Å². The van der Waals surface area contributed by atoms with Crippen LogP contribution < -0.4 is 14.8 Å². The van der Waals surface area contributed by atoms with Crippen molar-refractivity contribution < 1.29 is 19.7 Å². The lowest BCUT2D eigenvalue weighted by molar-refractivity contribution is 0.276. The number of ether oxygens (including phenoxy) is 2. The third kappa shape index (κ3) is 3.58. The van der Waals surface area contributed by atoms with Crippen molar-refractivity contribution in [3.8, 4) is 17.2 Å². The van der Waals surface area contributed by atoms with E-state index in [0.717, 1.165) is 17.0 Å². The molecule has 2 aromatic carbocycles. The molecule has 21 heavy (non-hydrogen) atoms. The van der Waals surface area contributed by atoms with Crippen LogP contribution in [0.5, 0.6) is 17.2 Å². The Bertz CT molecular complexity index is 583. The molecule has 0 aliphatic carbocycles. The molecule has 0 aliphatic rings. The van der Waals surface area contributed by atoms with Crippen LogP contribution in [0.25, 0.3) is 0 Å². The Morgan fingerprint density at radius 1 is 1.05 bits per heavy atom. The molecule has 3 N–H and O–H groups in total. The topological polar surface area (TPSA) is 71.0 Å². The number of benzene rings is 2. The van der Waals surface area contributed by atoms with Gasteiger partial charge in [0.15, 0.2) is 11.5 Å². The minimum absolute atomic E-state index is 0.0463. The Labute approximate surface area is 123 Å². The monoisotopic (exact) mass is 289 g/mol. The quantitative estimate of drug-likeness (QED) is 0.762. The molecule has 0 bridgehead atoms. The highest BCUT2D eigenvalue weighted by Crippen LogP contribution is 2.30. The summed E-state index contributed by atoms with van der Waals surface area (Å²) in [4.78, 5) is 0. The van der Waals surface area contributed by atoms with E-state index in [0.29, 0.717) is 5.75 Å². The second-order valence-corrected chi connectivity index (χ2v) is 4.54. The molecule has 1 atom stereocenters. The summed E-state index contributed by atoms with van der Waals surface area (Å²) in [6, 6.07) is 12.1. The number of phenols is 1. The van der Waals surface area contributed by atoms with E-state index < -0.39 is 0 Å². The molecule has 0 radical (unpaired) electrons. The number of nitrogens with one attached hydrogen (secondary N) is 1. The van der Waals surface area contributed by atoms with Gasteiger partial charge in [0, 0.05) is 5.69 Å². The number of aromatic hydroxyl groups is 1. The average Bonchev–Trinajstić information content (AvgIpc) is 2.53. The minimum Gasteiger partial charge on any atom is -0.504 e. The summed E-state index contributed by atoms with van der Waals surface area (Å²) in [6.07, 6.45) is 0. The van der Waals surface area contributed by atoms with Gasteiger partial charge in [0.25, 0.3) is 0 Å². The summed E-state index contributed by atoms with van der Waals surface area (Å²) in [7, 11) is 3.10. The van der Waals surface area contributed by atoms with Crippen molar-refractivity contribution in [1.29, 1.82) is 0 Å². The van der Waals surface area contributed by atoms with Gasteiger partial charge in [-0.05, 0) is 42.0 Å². The molecular weight excluding hydrogens is 270 g/mol. The summed E-state index contributed by atoms with van der Waals surface area (Å²) in [6.45, 7) is -0.0994. The van der Waals surface area contributed by atoms with Crippen molar-refractivity contribution in [2.75, 3.05) is 26.1 Å². The van der Waals surface area contributed by atoms with Gasteiger partial charge in [-0.15, -0.1) is 0 Å². The fourth-order valence-corrected chi connectivity index (χ4v) is 2.05. The zero-order valence-corrected chi connectivity index (χ0v) is 12.0. The number of methoxy groups -OCH3 is 2. The van der Waals surface area contributed by atoms with Gasteiger partial charge in [-0.3, -0.25) is 0 Å². The molecule has 0 saturated carbocycles. The van der Waals surface area contributed by atoms with Crippen LogP contribution >= 0.6 is 0 Å². The molecule has 0 amide bonds. The number of hydrogen-bond acceptors (Lipinski definition) is 5. The lowest BCUT2D eigenvalue weighted by atomic mass is 10.1. The molecule has 0 aromatic heterocycles. The largest absolute Gasteiger partial charge is 0.504 e. The third-order valence-corrected chi connectivity index (χ3v) is 3.22. The Kier molecular flexibility index (Phi) is 4.90. The standard InChI is InChI=1S/C16H19NO4/c1-20-13-6-4-12(5-7-13)17-14(10-18)11-3-8-16(21-2)15(19)9-11/h3-9,14,17-19H,10H2,1-2H3. The Morgan fingerprint density at radius 3 is 2.29 bits per heavy atom. The van der Waals surface area contributed by atoms with Crippen LogP contribution in [-0.4, -0.2) is 31.0 Å². The maximum Gasteiger partial charge on any atom is 0.160 e. The molecule has 2 aromatic rings. The summed E-state index contributed by atoms with van der Waals surface area (Å²) in [5, 5.41) is 22.6. The predicted octanol–water partition coefficient (Wildman–Crippen LogP) is 2.55. The molecule has 112 valence electrons. The summed E-state index contributed by atoms with van der Waals surface area (Å²) >= 11 is 0. The molecule has 0 saturated heterocycles. The molecule has 0 heterocycles. The van der Waals surface area contributed by atoms with Crippen LogP contribution in [0.2, 0.25) is 0 Å². The fourth-order valence-electron chi connectivity index (χ4n) is 2.05.